The van der Waals surface area contributed by atoms with Crippen LogP contribution in [-0.2, 0) is 4.74 Å². The third-order valence-corrected chi connectivity index (χ3v) is 2.29. The molecule has 0 aliphatic rings. The molecular formula is C13H21NO2. The minimum absolute atomic E-state index is 0.0481. The van der Waals surface area contributed by atoms with Crippen molar-refractivity contribution in [2.24, 2.45) is 5.73 Å². The summed E-state index contributed by atoms with van der Waals surface area (Å²) in [6, 6.07) is 7.97. The van der Waals surface area contributed by atoms with Gasteiger partial charge < -0.3 is 15.2 Å². The van der Waals surface area contributed by atoms with E-state index in [0.717, 1.165) is 30.9 Å². The molecule has 0 amide bonds. The molecule has 0 spiro atoms. The summed E-state index contributed by atoms with van der Waals surface area (Å²) >= 11 is 0. The summed E-state index contributed by atoms with van der Waals surface area (Å²) in [6.45, 7) is 6.16. The number of benzene rings is 1. The summed E-state index contributed by atoms with van der Waals surface area (Å²) in [5, 5.41) is 0. The van der Waals surface area contributed by atoms with E-state index < -0.39 is 0 Å². The normalized spacial score (nSPS) is 12.4. The van der Waals surface area contributed by atoms with Crippen molar-refractivity contribution in [2.45, 2.75) is 26.3 Å². The standard InChI is InChI=1S/C13H21NO2/c1-3-15-8-5-9-16-13-7-4-6-12(10-13)11(2)14/h4,6-7,10-11H,3,5,8-9,14H2,1-2H3. The number of hydrogen-bond donors (Lipinski definition) is 1. The van der Waals surface area contributed by atoms with Gasteiger partial charge in [0.25, 0.3) is 0 Å². The van der Waals surface area contributed by atoms with Crippen LogP contribution in [-0.4, -0.2) is 19.8 Å². The highest BCUT2D eigenvalue weighted by Gasteiger charge is 2.00. The van der Waals surface area contributed by atoms with Gasteiger partial charge in [-0.2, -0.15) is 0 Å². The molecule has 0 heterocycles. The molecule has 0 fully saturated rings. The van der Waals surface area contributed by atoms with Gasteiger partial charge in [-0.05, 0) is 31.5 Å². The highest BCUT2D eigenvalue weighted by molar-refractivity contribution is 5.30. The van der Waals surface area contributed by atoms with Crippen molar-refractivity contribution in [1.82, 2.24) is 0 Å². The van der Waals surface area contributed by atoms with E-state index in [1.54, 1.807) is 0 Å². The molecule has 1 rings (SSSR count). The highest BCUT2D eigenvalue weighted by Crippen LogP contribution is 2.17. The monoisotopic (exact) mass is 223 g/mol. The van der Waals surface area contributed by atoms with Gasteiger partial charge in [-0.3, -0.25) is 0 Å². The maximum Gasteiger partial charge on any atom is 0.119 e. The zero-order valence-corrected chi connectivity index (χ0v) is 10.1. The zero-order valence-electron chi connectivity index (χ0n) is 10.1. The Balaban J connectivity index is 2.33. The molecule has 90 valence electrons. The molecule has 0 aliphatic carbocycles. The molecule has 0 aliphatic heterocycles. The Bertz CT molecular complexity index is 300. The third-order valence-electron chi connectivity index (χ3n) is 2.29. The van der Waals surface area contributed by atoms with Crippen molar-refractivity contribution in [3.05, 3.63) is 29.8 Å². The molecule has 0 radical (unpaired) electrons. The Kier molecular flexibility index (Phi) is 5.90. The second-order valence-corrected chi connectivity index (χ2v) is 3.76. The third kappa shape index (κ3) is 4.64. The molecule has 16 heavy (non-hydrogen) atoms. The molecule has 0 aromatic heterocycles. The predicted molar refractivity (Wildman–Crippen MR) is 65.6 cm³/mol. The van der Waals surface area contributed by atoms with Gasteiger partial charge in [-0.25, -0.2) is 0 Å². The van der Waals surface area contributed by atoms with E-state index in [-0.39, 0.29) is 6.04 Å². The summed E-state index contributed by atoms with van der Waals surface area (Å²) in [7, 11) is 0. The van der Waals surface area contributed by atoms with Crippen LogP contribution in [0, 0.1) is 0 Å². The largest absolute Gasteiger partial charge is 0.493 e. The summed E-state index contributed by atoms with van der Waals surface area (Å²) in [5.74, 6) is 0.881. The van der Waals surface area contributed by atoms with Gasteiger partial charge in [-0.1, -0.05) is 12.1 Å². The second kappa shape index (κ2) is 7.25. The lowest BCUT2D eigenvalue weighted by Gasteiger charge is -2.09. The molecule has 1 unspecified atom stereocenters. The first-order valence-corrected chi connectivity index (χ1v) is 5.80. The lowest BCUT2D eigenvalue weighted by molar-refractivity contribution is 0.131. The van der Waals surface area contributed by atoms with Crippen LogP contribution in [0.5, 0.6) is 5.75 Å². The summed E-state index contributed by atoms with van der Waals surface area (Å²) < 4.78 is 10.8. The van der Waals surface area contributed by atoms with Crippen LogP contribution < -0.4 is 10.5 Å². The number of hydrogen-bond acceptors (Lipinski definition) is 3. The zero-order chi connectivity index (χ0) is 11.8. The fourth-order valence-corrected chi connectivity index (χ4v) is 1.38. The van der Waals surface area contributed by atoms with E-state index in [4.69, 9.17) is 15.2 Å². The Hall–Kier alpha value is -1.06. The fraction of sp³-hybridized carbons (Fsp3) is 0.538. The molecule has 0 bridgehead atoms. The molecule has 2 N–H and O–H groups in total. The lowest BCUT2D eigenvalue weighted by atomic mass is 10.1. The number of nitrogens with two attached hydrogens (primary N) is 1. The topological polar surface area (TPSA) is 44.5 Å². The van der Waals surface area contributed by atoms with E-state index >= 15 is 0 Å². The quantitative estimate of drug-likeness (QED) is 0.722. The Morgan fingerprint density at radius 1 is 1.31 bits per heavy atom. The minimum atomic E-state index is 0.0481. The molecule has 3 nitrogen and oxygen atoms in total. The van der Waals surface area contributed by atoms with Crippen molar-refractivity contribution in [2.75, 3.05) is 19.8 Å². The van der Waals surface area contributed by atoms with Gasteiger partial charge in [-0.15, -0.1) is 0 Å². The SMILES string of the molecule is CCOCCCOc1cccc(C(C)N)c1. The molecule has 3 heteroatoms. The van der Waals surface area contributed by atoms with Crippen LogP contribution in [0.2, 0.25) is 0 Å². The first-order chi connectivity index (χ1) is 7.74. The Morgan fingerprint density at radius 3 is 2.81 bits per heavy atom. The van der Waals surface area contributed by atoms with Gasteiger partial charge in [0.2, 0.25) is 0 Å². The van der Waals surface area contributed by atoms with Crippen LogP contribution in [0.25, 0.3) is 0 Å². The summed E-state index contributed by atoms with van der Waals surface area (Å²) in [5.41, 5.74) is 6.90. The van der Waals surface area contributed by atoms with E-state index in [2.05, 4.69) is 0 Å². The van der Waals surface area contributed by atoms with Crippen molar-refractivity contribution >= 4 is 0 Å². The van der Waals surface area contributed by atoms with Crippen LogP contribution in [0.3, 0.4) is 0 Å². The van der Waals surface area contributed by atoms with Gasteiger partial charge in [0, 0.05) is 25.7 Å². The van der Waals surface area contributed by atoms with Gasteiger partial charge >= 0.3 is 0 Å². The molecule has 1 aromatic rings. The molecule has 1 aromatic carbocycles. The van der Waals surface area contributed by atoms with E-state index in [0.29, 0.717) is 6.61 Å². The van der Waals surface area contributed by atoms with E-state index in [9.17, 15) is 0 Å². The number of ether oxygens (including phenoxy) is 2. The minimum Gasteiger partial charge on any atom is -0.493 e. The summed E-state index contributed by atoms with van der Waals surface area (Å²) in [6.07, 6.45) is 0.913. The fourth-order valence-electron chi connectivity index (χ4n) is 1.38. The van der Waals surface area contributed by atoms with Crippen molar-refractivity contribution in [3.8, 4) is 5.75 Å². The van der Waals surface area contributed by atoms with Gasteiger partial charge in [0.1, 0.15) is 5.75 Å². The van der Waals surface area contributed by atoms with Crippen molar-refractivity contribution in [1.29, 1.82) is 0 Å². The second-order valence-electron chi connectivity index (χ2n) is 3.76. The smallest absolute Gasteiger partial charge is 0.119 e. The first-order valence-electron chi connectivity index (χ1n) is 5.80. The lowest BCUT2D eigenvalue weighted by Crippen LogP contribution is -2.06. The van der Waals surface area contributed by atoms with Gasteiger partial charge in [0.05, 0.1) is 6.61 Å². The maximum atomic E-state index is 5.80. The molecule has 0 saturated heterocycles. The predicted octanol–water partition coefficient (Wildman–Crippen LogP) is 2.51. The van der Waals surface area contributed by atoms with E-state index in [1.807, 2.05) is 38.1 Å². The van der Waals surface area contributed by atoms with Crippen LogP contribution in [0.4, 0.5) is 0 Å². The number of rotatable bonds is 7. The summed E-state index contributed by atoms with van der Waals surface area (Å²) in [4.78, 5) is 0. The first kappa shape index (κ1) is 13.0. The van der Waals surface area contributed by atoms with E-state index in [1.165, 1.54) is 0 Å². The molecule has 0 saturated carbocycles. The molecular weight excluding hydrogens is 202 g/mol. The van der Waals surface area contributed by atoms with Gasteiger partial charge in [0.15, 0.2) is 0 Å². The maximum absolute atomic E-state index is 5.80. The average Bonchev–Trinajstić information content (AvgIpc) is 2.29. The highest BCUT2D eigenvalue weighted by atomic mass is 16.5. The Labute approximate surface area is 97.6 Å². The van der Waals surface area contributed by atoms with Crippen molar-refractivity contribution < 1.29 is 9.47 Å². The van der Waals surface area contributed by atoms with Crippen LogP contribution >= 0.6 is 0 Å². The van der Waals surface area contributed by atoms with Crippen LogP contribution in [0.15, 0.2) is 24.3 Å². The Morgan fingerprint density at radius 2 is 2.12 bits per heavy atom. The van der Waals surface area contributed by atoms with Crippen LogP contribution in [0.1, 0.15) is 31.9 Å². The van der Waals surface area contributed by atoms with Crippen molar-refractivity contribution in [3.63, 3.8) is 0 Å². The average molecular weight is 223 g/mol. The molecule has 1 atom stereocenters.